The van der Waals surface area contributed by atoms with Gasteiger partial charge in [0, 0.05) is 5.56 Å². The number of halogens is 1. The molecule has 4 heteroatoms. The SMILES string of the molecule is N#Cc1scnc1-c1ccccc1Cl. The van der Waals surface area contributed by atoms with E-state index in [0.717, 1.165) is 5.56 Å². The van der Waals surface area contributed by atoms with Gasteiger partial charge in [-0.3, -0.25) is 0 Å². The van der Waals surface area contributed by atoms with Crippen LogP contribution in [0.2, 0.25) is 5.02 Å². The average Bonchev–Trinajstić information content (AvgIpc) is 2.66. The quantitative estimate of drug-likeness (QED) is 0.739. The van der Waals surface area contributed by atoms with Crippen LogP contribution in [0.5, 0.6) is 0 Å². The third kappa shape index (κ3) is 1.50. The molecule has 0 fully saturated rings. The number of rotatable bonds is 1. The number of hydrogen-bond donors (Lipinski definition) is 0. The molecule has 0 saturated heterocycles. The predicted molar refractivity (Wildman–Crippen MR) is 57.3 cm³/mol. The van der Waals surface area contributed by atoms with E-state index in [4.69, 9.17) is 16.9 Å². The summed E-state index contributed by atoms with van der Waals surface area (Å²) in [5, 5.41) is 9.46. The van der Waals surface area contributed by atoms with Gasteiger partial charge >= 0.3 is 0 Å². The second-order valence-corrected chi connectivity index (χ2v) is 3.88. The van der Waals surface area contributed by atoms with Gasteiger partial charge in [-0.2, -0.15) is 5.26 Å². The average molecular weight is 221 g/mol. The van der Waals surface area contributed by atoms with Crippen LogP contribution in [0.25, 0.3) is 11.3 Å². The standard InChI is InChI=1S/C10H5ClN2S/c11-8-4-2-1-3-7(8)10-9(5-12)14-6-13-10/h1-4,6H. The minimum atomic E-state index is 0.595. The molecule has 2 aromatic rings. The van der Waals surface area contributed by atoms with Gasteiger partial charge in [0.2, 0.25) is 0 Å². The lowest BCUT2D eigenvalue weighted by Crippen LogP contribution is -1.81. The smallest absolute Gasteiger partial charge is 0.132 e. The molecule has 0 amide bonds. The Kier molecular flexibility index (Phi) is 2.49. The molecule has 1 aromatic carbocycles. The van der Waals surface area contributed by atoms with Crippen molar-refractivity contribution >= 4 is 22.9 Å². The molecule has 14 heavy (non-hydrogen) atoms. The molecule has 0 aliphatic heterocycles. The molecule has 0 radical (unpaired) electrons. The van der Waals surface area contributed by atoms with Crippen LogP contribution < -0.4 is 0 Å². The second kappa shape index (κ2) is 3.79. The summed E-state index contributed by atoms with van der Waals surface area (Å²) in [7, 11) is 0. The van der Waals surface area contributed by atoms with Crippen molar-refractivity contribution in [2.24, 2.45) is 0 Å². The topological polar surface area (TPSA) is 36.7 Å². The molecule has 0 N–H and O–H groups in total. The number of aromatic nitrogens is 1. The van der Waals surface area contributed by atoms with Crippen molar-refractivity contribution in [3.63, 3.8) is 0 Å². The molecule has 1 aromatic heterocycles. The molecule has 68 valence electrons. The largest absolute Gasteiger partial charge is 0.243 e. The first kappa shape index (κ1) is 9.20. The summed E-state index contributed by atoms with van der Waals surface area (Å²) < 4.78 is 0. The molecular weight excluding hydrogens is 216 g/mol. The summed E-state index contributed by atoms with van der Waals surface area (Å²) >= 11 is 7.32. The first-order valence-corrected chi connectivity index (χ1v) is 5.17. The van der Waals surface area contributed by atoms with Crippen LogP contribution >= 0.6 is 22.9 Å². The highest BCUT2D eigenvalue weighted by atomic mass is 35.5. The van der Waals surface area contributed by atoms with Gasteiger partial charge in [0.1, 0.15) is 16.6 Å². The van der Waals surface area contributed by atoms with Crippen LogP contribution in [0.3, 0.4) is 0 Å². The fourth-order valence-electron chi connectivity index (χ4n) is 1.17. The van der Waals surface area contributed by atoms with E-state index >= 15 is 0 Å². The Hall–Kier alpha value is -1.37. The Morgan fingerprint density at radius 3 is 2.86 bits per heavy atom. The minimum absolute atomic E-state index is 0.595. The predicted octanol–water partition coefficient (Wildman–Crippen LogP) is 3.34. The first-order valence-electron chi connectivity index (χ1n) is 3.91. The van der Waals surface area contributed by atoms with Crippen molar-refractivity contribution in [2.45, 2.75) is 0 Å². The van der Waals surface area contributed by atoms with Gasteiger partial charge in [0.25, 0.3) is 0 Å². The van der Waals surface area contributed by atoms with E-state index in [9.17, 15) is 0 Å². The number of hydrogen-bond acceptors (Lipinski definition) is 3. The molecule has 1 heterocycles. The van der Waals surface area contributed by atoms with Crippen molar-refractivity contribution in [1.29, 1.82) is 5.26 Å². The lowest BCUT2D eigenvalue weighted by atomic mass is 10.1. The van der Waals surface area contributed by atoms with E-state index in [0.29, 0.717) is 15.6 Å². The molecule has 0 bridgehead atoms. The number of nitriles is 1. The van der Waals surface area contributed by atoms with Gasteiger partial charge < -0.3 is 0 Å². The zero-order valence-electron chi connectivity index (χ0n) is 7.07. The third-order valence-electron chi connectivity index (χ3n) is 1.80. The van der Waals surface area contributed by atoms with Gasteiger partial charge in [-0.05, 0) is 6.07 Å². The summed E-state index contributed by atoms with van der Waals surface area (Å²) in [6.45, 7) is 0. The highest BCUT2D eigenvalue weighted by Crippen LogP contribution is 2.30. The second-order valence-electron chi connectivity index (χ2n) is 2.62. The molecule has 2 nitrogen and oxygen atoms in total. The normalized spacial score (nSPS) is 9.71. The maximum Gasteiger partial charge on any atom is 0.132 e. The molecule has 2 rings (SSSR count). The van der Waals surface area contributed by atoms with Crippen molar-refractivity contribution < 1.29 is 0 Å². The summed E-state index contributed by atoms with van der Waals surface area (Å²) in [6.07, 6.45) is 0. The van der Waals surface area contributed by atoms with Crippen LogP contribution in [-0.4, -0.2) is 4.98 Å². The van der Waals surface area contributed by atoms with Crippen LogP contribution in [-0.2, 0) is 0 Å². The van der Waals surface area contributed by atoms with E-state index in [1.807, 2.05) is 18.2 Å². The Morgan fingerprint density at radius 2 is 2.14 bits per heavy atom. The van der Waals surface area contributed by atoms with E-state index < -0.39 is 0 Å². The zero-order chi connectivity index (χ0) is 9.97. The van der Waals surface area contributed by atoms with Crippen molar-refractivity contribution in [1.82, 2.24) is 4.98 Å². The molecule has 0 saturated carbocycles. The van der Waals surface area contributed by atoms with Crippen LogP contribution in [0.4, 0.5) is 0 Å². The maximum absolute atomic E-state index is 8.84. The van der Waals surface area contributed by atoms with Crippen molar-refractivity contribution in [2.75, 3.05) is 0 Å². The van der Waals surface area contributed by atoms with Gasteiger partial charge in [-0.15, -0.1) is 11.3 Å². The number of thiazole rings is 1. The van der Waals surface area contributed by atoms with E-state index in [-0.39, 0.29) is 0 Å². The van der Waals surface area contributed by atoms with Crippen LogP contribution in [0.15, 0.2) is 29.8 Å². The molecule has 0 aliphatic carbocycles. The van der Waals surface area contributed by atoms with Gasteiger partial charge in [0.05, 0.1) is 10.5 Å². The highest BCUT2D eigenvalue weighted by Gasteiger charge is 2.10. The van der Waals surface area contributed by atoms with Crippen molar-refractivity contribution in [3.05, 3.63) is 39.7 Å². The molecule has 0 aliphatic rings. The maximum atomic E-state index is 8.84. The summed E-state index contributed by atoms with van der Waals surface area (Å²) in [5.74, 6) is 0. The van der Waals surface area contributed by atoms with E-state index in [1.54, 1.807) is 11.6 Å². The fraction of sp³-hybridized carbons (Fsp3) is 0. The van der Waals surface area contributed by atoms with Gasteiger partial charge in [0.15, 0.2) is 0 Å². The van der Waals surface area contributed by atoms with E-state index in [2.05, 4.69) is 11.1 Å². The Bertz CT molecular complexity index is 499. The number of nitrogens with zero attached hydrogens (tertiary/aromatic N) is 2. The zero-order valence-corrected chi connectivity index (χ0v) is 8.64. The highest BCUT2D eigenvalue weighted by molar-refractivity contribution is 7.10. The monoisotopic (exact) mass is 220 g/mol. The third-order valence-corrected chi connectivity index (χ3v) is 2.86. The summed E-state index contributed by atoms with van der Waals surface area (Å²) in [5.41, 5.74) is 3.13. The Balaban J connectivity index is 2.62. The lowest BCUT2D eigenvalue weighted by molar-refractivity contribution is 1.39. The summed E-state index contributed by atoms with van der Waals surface area (Å²) in [6, 6.07) is 9.48. The fourth-order valence-corrected chi connectivity index (χ4v) is 1.99. The van der Waals surface area contributed by atoms with Crippen LogP contribution in [0, 0.1) is 11.3 Å². The molecule has 0 atom stereocenters. The van der Waals surface area contributed by atoms with E-state index in [1.165, 1.54) is 11.3 Å². The molecular formula is C10H5ClN2S. The van der Waals surface area contributed by atoms with Gasteiger partial charge in [-0.1, -0.05) is 29.8 Å². The molecule has 0 spiro atoms. The first-order chi connectivity index (χ1) is 6.83. The van der Waals surface area contributed by atoms with Crippen LogP contribution in [0.1, 0.15) is 4.88 Å². The van der Waals surface area contributed by atoms with Gasteiger partial charge in [-0.25, -0.2) is 4.98 Å². The molecule has 0 unspecified atom stereocenters. The Labute approximate surface area is 90.4 Å². The lowest BCUT2D eigenvalue weighted by Gasteiger charge is -1.99. The summed E-state index contributed by atoms with van der Waals surface area (Å²) in [4.78, 5) is 4.73. The van der Waals surface area contributed by atoms with Crippen molar-refractivity contribution in [3.8, 4) is 17.3 Å². The number of benzene rings is 1. The Morgan fingerprint density at radius 1 is 1.36 bits per heavy atom. The minimum Gasteiger partial charge on any atom is -0.243 e.